The van der Waals surface area contributed by atoms with Crippen molar-refractivity contribution in [1.82, 2.24) is 4.98 Å². The number of nitrogens with zero attached hydrogens (tertiary/aromatic N) is 2. The largest absolute Gasteiger partial charge is 0.483 e. The summed E-state index contributed by atoms with van der Waals surface area (Å²) in [4.78, 5) is 17.1. The van der Waals surface area contributed by atoms with Crippen molar-refractivity contribution >= 4 is 34.2 Å². The van der Waals surface area contributed by atoms with Crippen LogP contribution in [0.1, 0.15) is 11.1 Å². The molecule has 11 heteroatoms. The van der Waals surface area contributed by atoms with Crippen LogP contribution in [0, 0.1) is 0 Å². The Labute approximate surface area is 195 Å². The molecule has 3 aromatic rings. The number of nitrogens with two attached hydrogens (primary N) is 1. The van der Waals surface area contributed by atoms with E-state index in [0.29, 0.717) is 5.02 Å². The molecule has 0 saturated heterocycles. The molecule has 2 heterocycles. The van der Waals surface area contributed by atoms with Gasteiger partial charge in [-0.2, -0.15) is 8.42 Å². The second-order valence-corrected chi connectivity index (χ2v) is 9.00. The SMILES string of the molecule is CS(=O)(=O)Oc1ccc(C2(c3cccc(-c4cncc(Cl)c4)c3)COC(N)=N2)cc1.O=CO. The lowest BCUT2D eigenvalue weighted by Crippen LogP contribution is -2.27. The summed E-state index contributed by atoms with van der Waals surface area (Å²) in [6.45, 7) is -0.0393. The molecule has 0 aliphatic carbocycles. The summed E-state index contributed by atoms with van der Waals surface area (Å²) in [7, 11) is -3.61. The smallest absolute Gasteiger partial charge is 0.306 e. The van der Waals surface area contributed by atoms with Crippen LogP contribution in [-0.4, -0.2) is 43.9 Å². The Hall–Kier alpha value is -3.63. The Morgan fingerprint density at radius 3 is 2.39 bits per heavy atom. The molecule has 1 unspecified atom stereocenters. The van der Waals surface area contributed by atoms with Crippen molar-refractivity contribution in [2.24, 2.45) is 10.7 Å². The zero-order chi connectivity index (χ0) is 24.1. The molecule has 0 radical (unpaired) electrons. The summed E-state index contributed by atoms with van der Waals surface area (Å²) in [5.41, 5.74) is 8.41. The van der Waals surface area contributed by atoms with Gasteiger partial charge in [0.1, 0.15) is 12.4 Å². The summed E-state index contributed by atoms with van der Waals surface area (Å²) >= 11 is 6.09. The van der Waals surface area contributed by atoms with Crippen LogP contribution in [-0.2, 0) is 25.2 Å². The molecular formula is C22H20ClN3O6S. The van der Waals surface area contributed by atoms with Gasteiger partial charge in [0.25, 0.3) is 12.5 Å². The number of ether oxygens (including phenoxy) is 1. The van der Waals surface area contributed by atoms with E-state index in [0.717, 1.165) is 28.5 Å². The van der Waals surface area contributed by atoms with E-state index in [2.05, 4.69) is 9.98 Å². The highest BCUT2D eigenvalue weighted by atomic mass is 35.5. The van der Waals surface area contributed by atoms with Crippen LogP contribution in [0.5, 0.6) is 5.75 Å². The molecule has 4 rings (SSSR count). The van der Waals surface area contributed by atoms with Crippen LogP contribution in [0.15, 0.2) is 72.0 Å². The summed E-state index contributed by atoms with van der Waals surface area (Å²) in [6.07, 6.45) is 4.30. The normalized spacial score (nSPS) is 17.2. The minimum Gasteiger partial charge on any atom is -0.483 e. The van der Waals surface area contributed by atoms with Crippen molar-refractivity contribution in [3.63, 3.8) is 0 Å². The molecule has 0 amide bonds. The van der Waals surface area contributed by atoms with Gasteiger partial charge in [-0.15, -0.1) is 0 Å². The number of amidine groups is 1. The van der Waals surface area contributed by atoms with E-state index < -0.39 is 15.7 Å². The molecule has 2 aromatic carbocycles. The van der Waals surface area contributed by atoms with Gasteiger partial charge < -0.3 is 19.8 Å². The van der Waals surface area contributed by atoms with Gasteiger partial charge in [0, 0.05) is 18.0 Å². The number of carbonyl (C=O) groups is 1. The maximum absolute atomic E-state index is 11.4. The number of rotatable bonds is 5. The number of hydrogen-bond donors (Lipinski definition) is 2. The molecule has 1 aliphatic rings. The number of aromatic nitrogens is 1. The standard InChI is InChI=1S/C21H18ClN3O4S.CH2O2/c1-30(26,27)29-19-7-5-16(6-8-19)21(13-28-20(23)25-21)17-4-2-3-14(9-17)15-10-18(22)12-24-11-15;2-1-3/h2-12H,13H2,1H3,(H2,23,25);1H,(H,2,3). The molecule has 1 aliphatic heterocycles. The molecule has 33 heavy (non-hydrogen) atoms. The van der Waals surface area contributed by atoms with E-state index in [9.17, 15) is 8.42 Å². The number of hydrogen-bond acceptors (Lipinski definition) is 8. The van der Waals surface area contributed by atoms with Crippen LogP contribution < -0.4 is 9.92 Å². The Balaban J connectivity index is 0.000000968. The number of halogens is 1. The second kappa shape index (κ2) is 9.88. The Morgan fingerprint density at radius 1 is 1.12 bits per heavy atom. The highest BCUT2D eigenvalue weighted by Crippen LogP contribution is 2.39. The summed E-state index contributed by atoms with van der Waals surface area (Å²) in [6, 6.07) is 16.4. The average molecular weight is 490 g/mol. The van der Waals surface area contributed by atoms with E-state index in [4.69, 9.17) is 36.2 Å². The topological polar surface area (TPSA) is 141 Å². The lowest BCUT2D eigenvalue weighted by Gasteiger charge is -2.26. The highest BCUT2D eigenvalue weighted by Gasteiger charge is 2.40. The minimum atomic E-state index is -3.61. The van der Waals surface area contributed by atoms with Gasteiger partial charge in [-0.05, 0) is 41.0 Å². The van der Waals surface area contributed by atoms with Crippen LogP contribution in [0.3, 0.4) is 0 Å². The average Bonchev–Trinajstić information content (AvgIpc) is 3.17. The zero-order valence-corrected chi connectivity index (χ0v) is 19.0. The third-order valence-corrected chi connectivity index (χ3v) is 5.39. The predicted octanol–water partition coefficient (Wildman–Crippen LogP) is 3.03. The van der Waals surface area contributed by atoms with Gasteiger partial charge in [-0.1, -0.05) is 41.9 Å². The molecule has 0 fully saturated rings. The Morgan fingerprint density at radius 2 is 1.82 bits per heavy atom. The second-order valence-electron chi connectivity index (χ2n) is 6.99. The molecule has 1 atom stereocenters. The molecule has 1 aromatic heterocycles. The highest BCUT2D eigenvalue weighted by molar-refractivity contribution is 7.86. The lowest BCUT2D eigenvalue weighted by atomic mass is 9.83. The summed E-state index contributed by atoms with van der Waals surface area (Å²) in [5.74, 6) is 0.214. The Kier molecular flexibility index (Phi) is 7.19. The van der Waals surface area contributed by atoms with E-state index in [1.807, 2.05) is 30.3 Å². The molecular weight excluding hydrogens is 470 g/mol. The first kappa shape index (κ1) is 24.0. The molecule has 3 N–H and O–H groups in total. The van der Waals surface area contributed by atoms with Gasteiger partial charge in [0.15, 0.2) is 5.54 Å². The minimum absolute atomic E-state index is 0.0845. The van der Waals surface area contributed by atoms with Crippen molar-refractivity contribution in [3.8, 4) is 16.9 Å². The molecule has 0 bridgehead atoms. The first-order valence-electron chi connectivity index (χ1n) is 9.44. The third-order valence-electron chi connectivity index (χ3n) is 4.69. The summed E-state index contributed by atoms with van der Waals surface area (Å²) < 4.78 is 33.2. The fourth-order valence-corrected chi connectivity index (χ4v) is 4.01. The molecule has 9 nitrogen and oxygen atoms in total. The van der Waals surface area contributed by atoms with Crippen LogP contribution in [0.4, 0.5) is 0 Å². The maximum atomic E-state index is 11.4. The lowest BCUT2D eigenvalue weighted by molar-refractivity contribution is -0.122. The predicted molar refractivity (Wildman–Crippen MR) is 124 cm³/mol. The van der Waals surface area contributed by atoms with Gasteiger partial charge in [0.05, 0.1) is 11.3 Å². The molecule has 0 saturated carbocycles. The first-order chi connectivity index (χ1) is 15.7. The number of aliphatic imine (C=N–C) groups is 1. The van der Waals surface area contributed by atoms with Crippen LogP contribution in [0.2, 0.25) is 5.02 Å². The molecule has 0 spiro atoms. The van der Waals surface area contributed by atoms with E-state index in [-0.39, 0.29) is 24.9 Å². The first-order valence-corrected chi connectivity index (χ1v) is 11.6. The van der Waals surface area contributed by atoms with Crippen LogP contribution in [0.25, 0.3) is 11.1 Å². The fraction of sp³-hybridized carbons (Fsp3) is 0.136. The molecule has 172 valence electrons. The number of benzene rings is 2. The van der Waals surface area contributed by atoms with Gasteiger partial charge in [-0.3, -0.25) is 9.78 Å². The third kappa shape index (κ3) is 5.79. The van der Waals surface area contributed by atoms with Crippen molar-refractivity contribution in [2.75, 3.05) is 12.9 Å². The van der Waals surface area contributed by atoms with Crippen LogP contribution >= 0.6 is 11.6 Å². The quantitative estimate of drug-likeness (QED) is 0.411. The monoisotopic (exact) mass is 489 g/mol. The summed E-state index contributed by atoms with van der Waals surface area (Å²) in [5, 5.41) is 7.43. The van der Waals surface area contributed by atoms with Gasteiger partial charge >= 0.3 is 10.1 Å². The number of carboxylic acid groups (broad SMARTS) is 1. The fourth-order valence-electron chi connectivity index (χ4n) is 3.38. The maximum Gasteiger partial charge on any atom is 0.306 e. The van der Waals surface area contributed by atoms with Crippen molar-refractivity contribution < 1.29 is 27.2 Å². The Bertz CT molecular complexity index is 1280. The number of pyridine rings is 1. The van der Waals surface area contributed by atoms with Gasteiger partial charge in [-0.25, -0.2) is 4.99 Å². The zero-order valence-electron chi connectivity index (χ0n) is 17.4. The van der Waals surface area contributed by atoms with Gasteiger partial charge in [0.2, 0.25) is 0 Å². The van der Waals surface area contributed by atoms with Crippen molar-refractivity contribution in [2.45, 2.75) is 5.54 Å². The van der Waals surface area contributed by atoms with Crippen molar-refractivity contribution in [1.29, 1.82) is 0 Å². The van der Waals surface area contributed by atoms with E-state index in [1.54, 1.807) is 36.7 Å². The van der Waals surface area contributed by atoms with E-state index >= 15 is 0 Å². The van der Waals surface area contributed by atoms with E-state index in [1.165, 1.54) is 0 Å². The van der Waals surface area contributed by atoms with Crippen molar-refractivity contribution in [3.05, 3.63) is 83.1 Å².